The van der Waals surface area contributed by atoms with Gasteiger partial charge in [-0.3, -0.25) is 14.1 Å². The van der Waals surface area contributed by atoms with E-state index in [-0.39, 0.29) is 5.69 Å². The standard InChI is InChI=1S/C28H32N8O/c1-4-6-9-22-19-36(27-20(3)13-16-34(27)15-5-2)28(37)35(22)18-21-17-29-14-12-23(21)24-10-7-8-11-25(24)26-30-32-33-31-26/h7-8,10-14,16-17,19H,4-6,9,15,18H2,1-3H3,(H,30,31,32,33). The van der Waals surface area contributed by atoms with Gasteiger partial charge >= 0.3 is 5.69 Å². The quantitative estimate of drug-likeness (QED) is 0.300. The number of pyridine rings is 1. The summed E-state index contributed by atoms with van der Waals surface area (Å²) >= 11 is 0. The fourth-order valence-corrected chi connectivity index (χ4v) is 4.91. The Morgan fingerprint density at radius 1 is 1.00 bits per heavy atom. The van der Waals surface area contributed by atoms with Crippen LogP contribution in [0, 0.1) is 6.92 Å². The van der Waals surface area contributed by atoms with Crippen molar-refractivity contribution in [2.75, 3.05) is 0 Å². The number of aryl methyl sites for hydroxylation is 3. The zero-order valence-electron chi connectivity index (χ0n) is 21.6. The molecule has 0 aliphatic rings. The van der Waals surface area contributed by atoms with Gasteiger partial charge in [0.15, 0.2) is 5.82 Å². The van der Waals surface area contributed by atoms with Gasteiger partial charge in [0.1, 0.15) is 5.82 Å². The number of imidazole rings is 1. The highest BCUT2D eigenvalue weighted by atomic mass is 16.1. The minimum absolute atomic E-state index is 0.0345. The number of benzene rings is 1. The van der Waals surface area contributed by atoms with E-state index in [2.05, 4.69) is 63.2 Å². The molecule has 0 saturated heterocycles. The van der Waals surface area contributed by atoms with Crippen molar-refractivity contribution >= 4 is 0 Å². The van der Waals surface area contributed by atoms with Crippen LogP contribution in [0.4, 0.5) is 0 Å². The SMILES string of the molecule is CCCCc1cn(-c2c(C)ccn2CCC)c(=O)n1Cc1cnccc1-c1ccccc1-c1nnn[nH]1. The number of hydrogen-bond acceptors (Lipinski definition) is 5. The molecule has 0 aliphatic carbocycles. The second-order valence-corrected chi connectivity index (χ2v) is 9.31. The lowest BCUT2D eigenvalue weighted by Crippen LogP contribution is -2.26. The molecule has 1 aromatic carbocycles. The Labute approximate surface area is 215 Å². The molecule has 5 aromatic rings. The summed E-state index contributed by atoms with van der Waals surface area (Å²) in [5.74, 6) is 1.54. The predicted molar refractivity (Wildman–Crippen MR) is 144 cm³/mol. The van der Waals surface area contributed by atoms with Crippen LogP contribution in [0.1, 0.15) is 49.9 Å². The molecule has 0 unspecified atom stereocenters. The van der Waals surface area contributed by atoms with E-state index in [4.69, 9.17) is 0 Å². The van der Waals surface area contributed by atoms with Gasteiger partial charge in [-0.15, -0.1) is 5.10 Å². The van der Waals surface area contributed by atoms with E-state index in [1.165, 1.54) is 0 Å². The van der Waals surface area contributed by atoms with Crippen LogP contribution in [0.5, 0.6) is 0 Å². The average molecular weight is 497 g/mol. The summed E-state index contributed by atoms with van der Waals surface area (Å²) in [4.78, 5) is 18.3. The van der Waals surface area contributed by atoms with E-state index >= 15 is 0 Å². The Balaban J connectivity index is 1.62. The molecule has 4 heterocycles. The first-order valence-corrected chi connectivity index (χ1v) is 12.9. The third-order valence-electron chi connectivity index (χ3n) is 6.72. The third kappa shape index (κ3) is 4.76. The van der Waals surface area contributed by atoms with Gasteiger partial charge in [-0.1, -0.05) is 44.5 Å². The molecular weight excluding hydrogens is 464 g/mol. The van der Waals surface area contributed by atoms with E-state index in [0.717, 1.165) is 71.6 Å². The number of unbranched alkanes of at least 4 members (excludes halogenated alkanes) is 1. The summed E-state index contributed by atoms with van der Waals surface area (Å²) in [5, 5.41) is 14.5. The van der Waals surface area contributed by atoms with Crippen molar-refractivity contribution in [2.45, 2.75) is 59.5 Å². The van der Waals surface area contributed by atoms with Crippen LogP contribution < -0.4 is 5.69 Å². The van der Waals surface area contributed by atoms with Crippen molar-refractivity contribution in [1.82, 2.24) is 39.3 Å². The van der Waals surface area contributed by atoms with Crippen LogP contribution in [-0.2, 0) is 19.5 Å². The number of aromatic amines is 1. The van der Waals surface area contributed by atoms with Crippen molar-refractivity contribution < 1.29 is 0 Å². The summed E-state index contributed by atoms with van der Waals surface area (Å²) in [6.07, 6.45) is 11.6. The molecule has 4 aromatic heterocycles. The first kappa shape index (κ1) is 24.4. The monoisotopic (exact) mass is 496 g/mol. The summed E-state index contributed by atoms with van der Waals surface area (Å²) in [6, 6.07) is 12.1. The van der Waals surface area contributed by atoms with Crippen molar-refractivity contribution in [2.24, 2.45) is 0 Å². The van der Waals surface area contributed by atoms with Crippen molar-refractivity contribution in [1.29, 1.82) is 0 Å². The fourth-order valence-electron chi connectivity index (χ4n) is 4.91. The molecular formula is C28H32N8O. The molecule has 1 N–H and O–H groups in total. The van der Waals surface area contributed by atoms with E-state index in [0.29, 0.717) is 12.4 Å². The first-order valence-electron chi connectivity index (χ1n) is 12.9. The molecule has 37 heavy (non-hydrogen) atoms. The van der Waals surface area contributed by atoms with Crippen LogP contribution in [0.25, 0.3) is 28.3 Å². The molecule has 190 valence electrons. The number of nitrogens with zero attached hydrogens (tertiary/aromatic N) is 7. The molecule has 0 radical (unpaired) electrons. The van der Waals surface area contributed by atoms with Crippen LogP contribution in [0.2, 0.25) is 0 Å². The summed E-state index contributed by atoms with van der Waals surface area (Å²) in [6.45, 7) is 7.67. The molecule has 9 nitrogen and oxygen atoms in total. The number of H-pyrrole nitrogens is 1. The fraction of sp³-hybridized carbons (Fsp3) is 0.321. The van der Waals surface area contributed by atoms with E-state index in [9.17, 15) is 4.79 Å². The van der Waals surface area contributed by atoms with Gasteiger partial charge in [-0.05, 0) is 71.0 Å². The Morgan fingerprint density at radius 2 is 1.84 bits per heavy atom. The number of rotatable bonds is 10. The Bertz CT molecular complexity index is 1540. The smallest absolute Gasteiger partial charge is 0.334 e. The van der Waals surface area contributed by atoms with Gasteiger partial charge in [-0.2, -0.15) is 0 Å². The maximum atomic E-state index is 13.9. The van der Waals surface area contributed by atoms with Crippen molar-refractivity contribution in [3.63, 3.8) is 0 Å². The number of tetrazole rings is 1. The second-order valence-electron chi connectivity index (χ2n) is 9.31. The molecule has 5 rings (SSSR count). The zero-order chi connectivity index (χ0) is 25.8. The van der Waals surface area contributed by atoms with Crippen molar-refractivity contribution in [3.05, 3.63) is 88.5 Å². The van der Waals surface area contributed by atoms with Gasteiger partial charge in [-0.25, -0.2) is 9.89 Å². The molecule has 0 fully saturated rings. The normalized spacial score (nSPS) is 11.3. The van der Waals surface area contributed by atoms with Crippen LogP contribution in [0.15, 0.2) is 66.0 Å². The van der Waals surface area contributed by atoms with Crippen molar-refractivity contribution in [3.8, 4) is 28.3 Å². The first-order chi connectivity index (χ1) is 18.1. The van der Waals surface area contributed by atoms with Gasteiger partial charge in [0.2, 0.25) is 0 Å². The summed E-state index contributed by atoms with van der Waals surface area (Å²) in [7, 11) is 0. The Hall–Kier alpha value is -4.27. The van der Waals surface area contributed by atoms with Crippen LogP contribution in [0.3, 0.4) is 0 Å². The zero-order valence-corrected chi connectivity index (χ0v) is 21.6. The Kier molecular flexibility index (Phi) is 7.11. The maximum Gasteiger partial charge on any atom is 0.334 e. The van der Waals surface area contributed by atoms with Gasteiger partial charge in [0.25, 0.3) is 0 Å². The van der Waals surface area contributed by atoms with E-state index in [1.54, 1.807) is 6.20 Å². The average Bonchev–Trinajstić information content (AvgIpc) is 3.65. The minimum atomic E-state index is -0.0345. The van der Waals surface area contributed by atoms with Crippen LogP contribution >= 0.6 is 0 Å². The highest BCUT2D eigenvalue weighted by Crippen LogP contribution is 2.32. The molecule has 0 spiro atoms. The lowest BCUT2D eigenvalue weighted by atomic mass is 9.96. The van der Waals surface area contributed by atoms with Crippen LogP contribution in [-0.4, -0.2) is 39.3 Å². The van der Waals surface area contributed by atoms with E-state index in [1.807, 2.05) is 51.9 Å². The topological polar surface area (TPSA) is 99.2 Å². The number of aromatic nitrogens is 8. The molecule has 0 aliphatic heterocycles. The highest BCUT2D eigenvalue weighted by molar-refractivity contribution is 5.81. The number of hydrogen-bond donors (Lipinski definition) is 1. The molecule has 0 bridgehead atoms. The Morgan fingerprint density at radius 3 is 2.59 bits per heavy atom. The molecule has 0 saturated carbocycles. The predicted octanol–water partition coefficient (Wildman–Crippen LogP) is 4.79. The second kappa shape index (κ2) is 10.8. The molecule has 0 atom stereocenters. The van der Waals surface area contributed by atoms with Gasteiger partial charge in [0.05, 0.1) is 6.54 Å². The lowest BCUT2D eigenvalue weighted by Gasteiger charge is -2.14. The summed E-state index contributed by atoms with van der Waals surface area (Å²) in [5.41, 5.74) is 5.91. The van der Waals surface area contributed by atoms with E-state index < -0.39 is 0 Å². The minimum Gasteiger partial charge on any atom is -0.334 e. The third-order valence-corrected chi connectivity index (χ3v) is 6.72. The molecule has 0 amide bonds. The lowest BCUT2D eigenvalue weighted by molar-refractivity contribution is 0.643. The highest BCUT2D eigenvalue weighted by Gasteiger charge is 2.19. The largest absolute Gasteiger partial charge is 0.334 e. The maximum absolute atomic E-state index is 13.9. The summed E-state index contributed by atoms with van der Waals surface area (Å²) < 4.78 is 5.89. The molecule has 9 heteroatoms. The van der Waals surface area contributed by atoms with Gasteiger partial charge < -0.3 is 4.57 Å². The van der Waals surface area contributed by atoms with Gasteiger partial charge in [0, 0.05) is 42.6 Å². The number of nitrogens with one attached hydrogen (secondary N) is 1.